The van der Waals surface area contributed by atoms with Crippen LogP contribution in [0.15, 0.2) is 48.5 Å². The van der Waals surface area contributed by atoms with E-state index in [4.69, 9.17) is 14.6 Å². The van der Waals surface area contributed by atoms with Crippen molar-refractivity contribution in [3.05, 3.63) is 54.1 Å². The zero-order valence-corrected chi connectivity index (χ0v) is 13.6. The Morgan fingerprint density at radius 2 is 1.72 bits per heavy atom. The second-order valence-electron chi connectivity index (χ2n) is 5.82. The lowest BCUT2D eigenvalue weighted by Gasteiger charge is -2.19. The van der Waals surface area contributed by atoms with Crippen molar-refractivity contribution in [1.29, 1.82) is 0 Å². The average Bonchev–Trinajstić information content (AvgIpc) is 2.61. The second-order valence-corrected chi connectivity index (χ2v) is 5.82. The first-order chi connectivity index (χ1) is 12.1. The number of hydrogen-bond acceptors (Lipinski definition) is 4. The minimum atomic E-state index is -0.930. The maximum absolute atomic E-state index is 12.4. The number of carbonyl (C=O) groups excluding carboxylic acids is 1. The number of anilines is 1. The summed E-state index contributed by atoms with van der Waals surface area (Å²) < 4.78 is 10.9. The molecule has 1 heterocycles. The molecular weight excluding hydrogens is 322 g/mol. The maximum atomic E-state index is 12.4. The third kappa shape index (κ3) is 4.50. The predicted molar refractivity (Wildman–Crippen MR) is 92.1 cm³/mol. The molecule has 1 aliphatic rings. The minimum absolute atomic E-state index is 0.0881. The summed E-state index contributed by atoms with van der Waals surface area (Å²) in [6, 6.07) is 14.4. The van der Waals surface area contributed by atoms with Crippen LogP contribution in [0.5, 0.6) is 11.5 Å². The quantitative estimate of drug-likeness (QED) is 0.843. The Kier molecular flexibility index (Phi) is 5.18. The van der Waals surface area contributed by atoms with Crippen molar-refractivity contribution in [2.24, 2.45) is 0 Å². The van der Waals surface area contributed by atoms with Crippen LogP contribution in [-0.4, -0.2) is 30.2 Å². The fourth-order valence-electron chi connectivity index (χ4n) is 2.80. The summed E-state index contributed by atoms with van der Waals surface area (Å²) in [5, 5.41) is 11.9. The van der Waals surface area contributed by atoms with Crippen LogP contribution in [0.3, 0.4) is 0 Å². The number of aliphatic carboxylic acids is 1. The van der Waals surface area contributed by atoms with Crippen molar-refractivity contribution in [3.8, 4) is 11.5 Å². The van der Waals surface area contributed by atoms with Gasteiger partial charge in [0.15, 0.2) is 11.5 Å². The summed E-state index contributed by atoms with van der Waals surface area (Å²) in [6.07, 6.45) is -0.0106. The summed E-state index contributed by atoms with van der Waals surface area (Å²) in [7, 11) is 0. The summed E-state index contributed by atoms with van der Waals surface area (Å²) >= 11 is 0. The number of amides is 1. The minimum Gasteiger partial charge on any atom is -0.486 e. The molecule has 0 saturated carbocycles. The highest BCUT2D eigenvalue weighted by Gasteiger charge is 2.20. The molecule has 0 radical (unpaired) electrons. The molecule has 3 rings (SSSR count). The molecule has 0 spiro atoms. The molecule has 0 aromatic heterocycles. The topological polar surface area (TPSA) is 84.9 Å². The van der Waals surface area contributed by atoms with Gasteiger partial charge in [-0.2, -0.15) is 0 Å². The smallest absolute Gasteiger partial charge is 0.303 e. The molecule has 0 fully saturated rings. The lowest BCUT2D eigenvalue weighted by Crippen LogP contribution is -2.18. The molecule has 1 atom stereocenters. The van der Waals surface area contributed by atoms with E-state index in [9.17, 15) is 9.59 Å². The van der Waals surface area contributed by atoms with Gasteiger partial charge < -0.3 is 19.9 Å². The molecule has 0 unspecified atom stereocenters. The van der Waals surface area contributed by atoms with Gasteiger partial charge in [0, 0.05) is 24.1 Å². The molecule has 1 amide bonds. The molecule has 6 heteroatoms. The van der Waals surface area contributed by atoms with Gasteiger partial charge in [-0.05, 0) is 17.7 Å². The number of nitrogens with one attached hydrogen (secondary N) is 1. The van der Waals surface area contributed by atoms with Gasteiger partial charge in [0.25, 0.3) is 0 Å². The van der Waals surface area contributed by atoms with E-state index in [1.807, 2.05) is 30.3 Å². The predicted octanol–water partition coefficient (Wildman–Crippen LogP) is 3.04. The van der Waals surface area contributed by atoms with Gasteiger partial charge in [0.2, 0.25) is 5.91 Å². The van der Waals surface area contributed by atoms with Crippen LogP contribution in [0, 0.1) is 0 Å². The van der Waals surface area contributed by atoms with Gasteiger partial charge >= 0.3 is 5.97 Å². The van der Waals surface area contributed by atoms with E-state index < -0.39 is 5.97 Å². The Balaban J connectivity index is 1.68. The van der Waals surface area contributed by atoms with Crippen molar-refractivity contribution in [1.82, 2.24) is 0 Å². The lowest BCUT2D eigenvalue weighted by molar-refractivity contribution is -0.137. The molecule has 1 aliphatic heterocycles. The molecule has 6 nitrogen and oxygen atoms in total. The number of ether oxygens (including phenoxy) is 2. The van der Waals surface area contributed by atoms with Crippen LogP contribution in [0.4, 0.5) is 5.69 Å². The fourth-order valence-corrected chi connectivity index (χ4v) is 2.80. The summed E-state index contributed by atoms with van der Waals surface area (Å²) in [5.74, 6) is -0.310. The molecule has 2 N–H and O–H groups in total. The fraction of sp³-hybridized carbons (Fsp3) is 0.263. The average molecular weight is 341 g/mol. The van der Waals surface area contributed by atoms with Gasteiger partial charge in [-0.25, -0.2) is 0 Å². The van der Waals surface area contributed by atoms with Crippen LogP contribution < -0.4 is 14.8 Å². The molecule has 2 aromatic carbocycles. The zero-order valence-electron chi connectivity index (χ0n) is 13.6. The third-order valence-corrected chi connectivity index (χ3v) is 3.95. The second kappa shape index (κ2) is 7.70. The molecule has 2 aromatic rings. The Hall–Kier alpha value is -3.02. The largest absolute Gasteiger partial charge is 0.486 e. The third-order valence-electron chi connectivity index (χ3n) is 3.95. The van der Waals surface area contributed by atoms with E-state index in [-0.39, 0.29) is 24.7 Å². The Labute approximate surface area is 145 Å². The van der Waals surface area contributed by atoms with Crippen LogP contribution >= 0.6 is 0 Å². The first-order valence-electron chi connectivity index (χ1n) is 8.08. The van der Waals surface area contributed by atoms with Crippen molar-refractivity contribution in [2.75, 3.05) is 18.5 Å². The number of benzene rings is 2. The van der Waals surface area contributed by atoms with E-state index >= 15 is 0 Å². The van der Waals surface area contributed by atoms with E-state index in [1.54, 1.807) is 18.2 Å². The highest BCUT2D eigenvalue weighted by molar-refractivity contribution is 5.92. The molecule has 130 valence electrons. The number of carbonyl (C=O) groups is 2. The van der Waals surface area contributed by atoms with Crippen molar-refractivity contribution in [2.45, 2.75) is 18.8 Å². The summed E-state index contributed by atoms with van der Waals surface area (Å²) in [4.78, 5) is 23.5. The first-order valence-corrected chi connectivity index (χ1v) is 8.08. The first kappa shape index (κ1) is 16.8. The highest BCUT2D eigenvalue weighted by Crippen LogP contribution is 2.33. The summed E-state index contributed by atoms with van der Waals surface area (Å²) in [5.41, 5.74) is 1.43. The van der Waals surface area contributed by atoms with E-state index in [0.29, 0.717) is 30.4 Å². The molecule has 25 heavy (non-hydrogen) atoms. The molecular formula is C19H19NO5. The van der Waals surface area contributed by atoms with Gasteiger partial charge in [0.1, 0.15) is 13.2 Å². The van der Waals surface area contributed by atoms with Gasteiger partial charge in [-0.1, -0.05) is 30.3 Å². The van der Waals surface area contributed by atoms with Crippen LogP contribution in [-0.2, 0) is 9.59 Å². The standard InChI is InChI=1S/C19H19NO5/c21-18(10-14(11-19(22)23)13-4-2-1-3-5-13)20-15-6-7-16-17(12-15)25-9-8-24-16/h1-7,12,14H,8-11H2,(H,20,21)(H,22,23)/t14-/m0/s1. The Morgan fingerprint density at radius 1 is 1.00 bits per heavy atom. The lowest BCUT2D eigenvalue weighted by atomic mass is 9.92. The number of fused-ring (bicyclic) bond motifs is 1. The van der Waals surface area contributed by atoms with Crippen molar-refractivity contribution < 1.29 is 24.2 Å². The van der Waals surface area contributed by atoms with Crippen LogP contribution in [0.1, 0.15) is 24.3 Å². The number of carboxylic acid groups (broad SMARTS) is 1. The number of rotatable bonds is 6. The van der Waals surface area contributed by atoms with Gasteiger partial charge in [0.05, 0.1) is 6.42 Å². The summed E-state index contributed by atoms with van der Waals surface area (Å²) in [6.45, 7) is 0.978. The van der Waals surface area contributed by atoms with Gasteiger partial charge in [-0.15, -0.1) is 0 Å². The molecule has 0 aliphatic carbocycles. The van der Waals surface area contributed by atoms with E-state index in [0.717, 1.165) is 5.56 Å². The Bertz CT molecular complexity index is 760. The number of carboxylic acids is 1. The van der Waals surface area contributed by atoms with Gasteiger partial charge in [-0.3, -0.25) is 9.59 Å². The molecule has 0 bridgehead atoms. The van der Waals surface area contributed by atoms with Crippen LogP contribution in [0.2, 0.25) is 0 Å². The number of hydrogen-bond donors (Lipinski definition) is 2. The van der Waals surface area contributed by atoms with Crippen molar-refractivity contribution in [3.63, 3.8) is 0 Å². The SMILES string of the molecule is O=C(O)C[C@H](CC(=O)Nc1ccc2c(c1)OCCO2)c1ccccc1. The highest BCUT2D eigenvalue weighted by atomic mass is 16.6. The van der Waals surface area contributed by atoms with E-state index in [1.165, 1.54) is 0 Å². The van der Waals surface area contributed by atoms with Crippen LogP contribution in [0.25, 0.3) is 0 Å². The normalized spacial score (nSPS) is 13.8. The van der Waals surface area contributed by atoms with E-state index in [2.05, 4.69) is 5.32 Å². The monoisotopic (exact) mass is 341 g/mol. The Morgan fingerprint density at radius 3 is 2.44 bits per heavy atom. The van der Waals surface area contributed by atoms with Crippen molar-refractivity contribution >= 4 is 17.6 Å². The molecule has 0 saturated heterocycles. The maximum Gasteiger partial charge on any atom is 0.303 e. The zero-order chi connectivity index (χ0) is 17.6.